The van der Waals surface area contributed by atoms with E-state index in [1.807, 2.05) is 24.3 Å². The highest BCUT2D eigenvalue weighted by atomic mass is 35.5. The molecule has 0 saturated heterocycles. The third-order valence-corrected chi connectivity index (χ3v) is 4.36. The van der Waals surface area contributed by atoms with Crippen LogP contribution < -0.4 is 14.8 Å². The summed E-state index contributed by atoms with van der Waals surface area (Å²) in [5, 5.41) is 14.0. The number of halogens is 1. The molecule has 27 heavy (non-hydrogen) atoms. The Hall–Kier alpha value is -2.24. The zero-order valence-corrected chi connectivity index (χ0v) is 16.8. The maximum absolute atomic E-state index is 12.5. The number of carbonyl (C=O) groups excluding carboxylic acids is 1. The summed E-state index contributed by atoms with van der Waals surface area (Å²) in [5.74, 6) is 0.991. The molecule has 1 amide bonds. The molecule has 0 aromatic heterocycles. The van der Waals surface area contributed by atoms with Crippen molar-refractivity contribution in [1.29, 1.82) is 0 Å². The van der Waals surface area contributed by atoms with Gasteiger partial charge in [0.2, 0.25) is 0 Å². The van der Waals surface area contributed by atoms with Gasteiger partial charge in [-0.3, -0.25) is 4.79 Å². The van der Waals surface area contributed by atoms with Crippen molar-refractivity contribution in [3.05, 3.63) is 59.1 Å². The molecule has 0 radical (unpaired) electrons. The van der Waals surface area contributed by atoms with Crippen LogP contribution in [-0.2, 0) is 11.2 Å². The minimum absolute atomic E-state index is 0.102. The zero-order valence-electron chi connectivity index (χ0n) is 16.1. The normalized spacial score (nSPS) is 13.6. The van der Waals surface area contributed by atoms with Gasteiger partial charge >= 0.3 is 0 Å². The van der Waals surface area contributed by atoms with Gasteiger partial charge in [0.05, 0.1) is 12.7 Å². The van der Waals surface area contributed by atoms with E-state index in [1.54, 1.807) is 52.1 Å². The molecule has 1 unspecified atom stereocenters. The van der Waals surface area contributed by atoms with E-state index in [-0.39, 0.29) is 12.5 Å². The van der Waals surface area contributed by atoms with Gasteiger partial charge in [0.15, 0.2) is 5.60 Å². The van der Waals surface area contributed by atoms with Crippen molar-refractivity contribution in [1.82, 2.24) is 5.32 Å². The van der Waals surface area contributed by atoms with Gasteiger partial charge in [0.25, 0.3) is 5.91 Å². The van der Waals surface area contributed by atoms with Crippen molar-refractivity contribution in [2.75, 3.05) is 13.7 Å². The molecular formula is C21H26ClNO4. The van der Waals surface area contributed by atoms with E-state index in [0.29, 0.717) is 17.2 Å². The molecule has 2 N–H and O–H groups in total. The Morgan fingerprint density at radius 3 is 2.15 bits per heavy atom. The zero-order chi connectivity index (χ0) is 20.1. The highest BCUT2D eigenvalue weighted by Crippen LogP contribution is 2.21. The fourth-order valence-corrected chi connectivity index (χ4v) is 2.70. The third kappa shape index (κ3) is 6.45. The van der Waals surface area contributed by atoms with Gasteiger partial charge in [-0.15, -0.1) is 0 Å². The van der Waals surface area contributed by atoms with Crippen molar-refractivity contribution in [2.45, 2.75) is 38.4 Å². The number of aliphatic hydroxyl groups is 1. The summed E-state index contributed by atoms with van der Waals surface area (Å²) >= 11 is 5.86. The van der Waals surface area contributed by atoms with Crippen LogP contribution in [0.2, 0.25) is 5.02 Å². The van der Waals surface area contributed by atoms with Crippen LogP contribution in [0.15, 0.2) is 48.5 Å². The molecule has 0 aliphatic heterocycles. The Morgan fingerprint density at radius 2 is 1.59 bits per heavy atom. The number of ether oxygens (including phenoxy) is 2. The minimum atomic E-state index is -1.10. The Labute approximate surface area is 165 Å². The maximum atomic E-state index is 12.5. The van der Waals surface area contributed by atoms with Crippen LogP contribution in [0, 0.1) is 0 Å². The van der Waals surface area contributed by atoms with E-state index >= 15 is 0 Å². The second-order valence-corrected chi connectivity index (χ2v) is 7.71. The molecule has 146 valence electrons. The standard InChI is InChI=1S/C21H26ClNO4/c1-20(2,27-18-11-7-16(22)8-12-18)19(24)23-14-21(3,25)13-15-5-9-17(26-4)10-6-15/h5-12,25H,13-14H2,1-4H3,(H,23,24). The average Bonchev–Trinajstić information content (AvgIpc) is 2.62. The van der Waals surface area contributed by atoms with E-state index in [2.05, 4.69) is 5.32 Å². The van der Waals surface area contributed by atoms with Gasteiger partial charge in [0.1, 0.15) is 11.5 Å². The van der Waals surface area contributed by atoms with E-state index in [4.69, 9.17) is 21.1 Å². The minimum Gasteiger partial charge on any atom is -0.497 e. The highest BCUT2D eigenvalue weighted by molar-refractivity contribution is 6.30. The summed E-state index contributed by atoms with van der Waals surface area (Å²) in [4.78, 5) is 12.5. The second kappa shape index (κ2) is 8.63. The molecule has 5 nitrogen and oxygen atoms in total. The number of nitrogens with one attached hydrogen (secondary N) is 1. The predicted molar refractivity (Wildman–Crippen MR) is 106 cm³/mol. The molecule has 0 bridgehead atoms. The van der Waals surface area contributed by atoms with Crippen LogP contribution in [0.3, 0.4) is 0 Å². The number of carbonyl (C=O) groups is 1. The summed E-state index contributed by atoms with van der Waals surface area (Å²) in [6.07, 6.45) is 0.399. The van der Waals surface area contributed by atoms with Crippen LogP contribution in [0.5, 0.6) is 11.5 Å². The average molecular weight is 392 g/mol. The molecule has 0 aliphatic carbocycles. The van der Waals surface area contributed by atoms with E-state index in [1.165, 1.54) is 0 Å². The predicted octanol–water partition coefficient (Wildman–Crippen LogP) is 3.62. The molecule has 6 heteroatoms. The van der Waals surface area contributed by atoms with E-state index in [0.717, 1.165) is 11.3 Å². The van der Waals surface area contributed by atoms with Gasteiger partial charge in [0, 0.05) is 18.0 Å². The second-order valence-electron chi connectivity index (χ2n) is 7.27. The SMILES string of the molecule is COc1ccc(CC(C)(O)CNC(=O)C(C)(C)Oc2ccc(Cl)cc2)cc1. The van der Waals surface area contributed by atoms with Crippen LogP contribution in [0.1, 0.15) is 26.3 Å². The van der Waals surface area contributed by atoms with Crippen LogP contribution >= 0.6 is 11.6 Å². The van der Waals surface area contributed by atoms with Crippen molar-refractivity contribution >= 4 is 17.5 Å². The molecule has 2 aromatic rings. The topological polar surface area (TPSA) is 67.8 Å². The fourth-order valence-electron chi connectivity index (χ4n) is 2.57. The van der Waals surface area contributed by atoms with Crippen molar-refractivity contribution in [2.24, 2.45) is 0 Å². The third-order valence-electron chi connectivity index (χ3n) is 4.11. The first-order valence-corrected chi connectivity index (χ1v) is 9.07. The lowest BCUT2D eigenvalue weighted by molar-refractivity contribution is -0.135. The quantitative estimate of drug-likeness (QED) is 0.721. The van der Waals surface area contributed by atoms with Crippen LogP contribution in [-0.4, -0.2) is 35.9 Å². The van der Waals surface area contributed by atoms with Crippen LogP contribution in [0.4, 0.5) is 0 Å². The monoisotopic (exact) mass is 391 g/mol. The van der Waals surface area contributed by atoms with Gasteiger partial charge in [-0.2, -0.15) is 0 Å². The number of benzene rings is 2. The Kier molecular flexibility index (Phi) is 6.73. The molecule has 2 rings (SSSR count). The molecule has 0 fully saturated rings. The fraction of sp³-hybridized carbons (Fsp3) is 0.381. The lowest BCUT2D eigenvalue weighted by Gasteiger charge is -2.29. The number of rotatable bonds is 8. The van der Waals surface area contributed by atoms with Gasteiger partial charge in [-0.05, 0) is 62.7 Å². The molecule has 0 saturated carbocycles. The summed E-state index contributed by atoms with van der Waals surface area (Å²) in [7, 11) is 1.61. The number of amides is 1. The van der Waals surface area contributed by atoms with Crippen molar-refractivity contribution in [3.63, 3.8) is 0 Å². The smallest absolute Gasteiger partial charge is 0.263 e. The van der Waals surface area contributed by atoms with E-state index < -0.39 is 11.2 Å². The molecular weight excluding hydrogens is 366 g/mol. The summed E-state index contributed by atoms with van der Waals surface area (Å²) < 4.78 is 10.9. The molecule has 0 spiro atoms. The molecule has 1 atom stereocenters. The highest BCUT2D eigenvalue weighted by Gasteiger charge is 2.32. The van der Waals surface area contributed by atoms with Crippen molar-refractivity contribution in [3.8, 4) is 11.5 Å². The summed E-state index contributed by atoms with van der Waals surface area (Å²) in [6, 6.07) is 14.3. The number of hydrogen-bond acceptors (Lipinski definition) is 4. The van der Waals surface area contributed by atoms with E-state index in [9.17, 15) is 9.90 Å². The molecule has 0 aliphatic rings. The van der Waals surface area contributed by atoms with Gasteiger partial charge in [-0.25, -0.2) is 0 Å². The van der Waals surface area contributed by atoms with Crippen molar-refractivity contribution < 1.29 is 19.4 Å². The lowest BCUT2D eigenvalue weighted by Crippen LogP contribution is -2.51. The number of hydrogen-bond donors (Lipinski definition) is 2. The summed E-state index contributed by atoms with van der Waals surface area (Å²) in [5.41, 5.74) is -1.24. The first-order chi connectivity index (χ1) is 12.6. The Balaban J connectivity index is 1.92. The summed E-state index contributed by atoms with van der Waals surface area (Å²) in [6.45, 7) is 5.14. The molecule has 2 aromatic carbocycles. The maximum Gasteiger partial charge on any atom is 0.263 e. The largest absolute Gasteiger partial charge is 0.497 e. The van der Waals surface area contributed by atoms with Crippen LogP contribution in [0.25, 0.3) is 0 Å². The molecule has 0 heterocycles. The number of methoxy groups -OCH3 is 1. The van der Waals surface area contributed by atoms with Gasteiger partial charge < -0.3 is 19.9 Å². The Bertz CT molecular complexity index is 755. The first kappa shape index (κ1) is 21.1. The first-order valence-electron chi connectivity index (χ1n) is 8.69. The lowest BCUT2D eigenvalue weighted by atomic mass is 9.96. The van der Waals surface area contributed by atoms with Gasteiger partial charge in [-0.1, -0.05) is 23.7 Å². The Morgan fingerprint density at radius 1 is 1.04 bits per heavy atom.